The molecule has 0 saturated heterocycles. The molecular weight excluding hydrogens is 538 g/mol. The van der Waals surface area contributed by atoms with Gasteiger partial charge in [-0.15, -0.1) is 0 Å². The minimum absolute atomic E-state index is 0. The van der Waals surface area contributed by atoms with Crippen molar-refractivity contribution in [3.8, 4) is 11.1 Å². The van der Waals surface area contributed by atoms with Gasteiger partial charge in [0.15, 0.2) is 0 Å². The van der Waals surface area contributed by atoms with E-state index in [4.69, 9.17) is 0 Å². The van der Waals surface area contributed by atoms with E-state index >= 15 is 0 Å². The van der Waals surface area contributed by atoms with Gasteiger partial charge in [-0.25, -0.2) is 0 Å². The maximum atomic E-state index is 2.40. The van der Waals surface area contributed by atoms with Gasteiger partial charge in [-0.3, -0.25) is 0 Å². The van der Waals surface area contributed by atoms with E-state index in [0.717, 1.165) is 12.8 Å². The van der Waals surface area contributed by atoms with E-state index in [2.05, 4.69) is 79.8 Å². The molecule has 27 heavy (non-hydrogen) atoms. The zero-order chi connectivity index (χ0) is 16.1. The standard InChI is InChI=1S/C24H20.2ClH.Hf/c1-2-16-14-17-8-4-6-11-20(17)24(16)22-13-7-12-21-19-10-5-3-9-18(19)15-23(21)22;;;/h3-14,20H,2,15H2,1H3;2*1H;/p-2. The van der Waals surface area contributed by atoms with E-state index in [0.29, 0.717) is 5.92 Å². The van der Waals surface area contributed by atoms with Crippen LogP contribution in [0.2, 0.25) is 0 Å². The Hall–Kier alpha value is -1.15. The van der Waals surface area contributed by atoms with Crippen LogP contribution in [-0.2, 0) is 32.3 Å². The molecule has 0 N–H and O–H groups in total. The Bertz CT molecular complexity index is 980. The molecule has 0 nitrogen and oxygen atoms in total. The number of hydrogen-bond acceptors (Lipinski definition) is 0. The first-order valence-corrected chi connectivity index (χ1v) is 8.87. The molecule has 1 atom stereocenters. The van der Waals surface area contributed by atoms with Gasteiger partial charge in [0, 0.05) is 31.8 Å². The third kappa shape index (κ3) is 3.50. The van der Waals surface area contributed by atoms with Gasteiger partial charge in [-0.05, 0) is 57.4 Å². The molecule has 3 aliphatic carbocycles. The molecule has 0 bridgehead atoms. The Morgan fingerprint density at radius 3 is 2.44 bits per heavy atom. The number of benzene rings is 2. The number of halogens is 2. The molecule has 0 heterocycles. The smallest absolute Gasteiger partial charge is 0.0281 e. The predicted octanol–water partition coefficient (Wildman–Crippen LogP) is 0.109. The van der Waals surface area contributed by atoms with Crippen molar-refractivity contribution in [1.82, 2.24) is 0 Å². The molecule has 2 aromatic carbocycles. The van der Waals surface area contributed by atoms with Crippen LogP contribution >= 0.6 is 0 Å². The van der Waals surface area contributed by atoms with Crippen molar-refractivity contribution in [3.63, 3.8) is 0 Å². The van der Waals surface area contributed by atoms with Crippen LogP contribution in [0.4, 0.5) is 0 Å². The minimum atomic E-state index is 0. The topological polar surface area (TPSA) is 0 Å². The van der Waals surface area contributed by atoms with E-state index < -0.39 is 0 Å². The fourth-order valence-electron chi connectivity index (χ4n) is 4.48. The second-order valence-electron chi connectivity index (χ2n) is 6.82. The van der Waals surface area contributed by atoms with Crippen molar-refractivity contribution in [2.45, 2.75) is 19.8 Å². The Morgan fingerprint density at radius 2 is 1.63 bits per heavy atom. The van der Waals surface area contributed by atoms with Crippen LogP contribution in [-0.4, -0.2) is 0 Å². The predicted molar refractivity (Wildman–Crippen MR) is 102 cm³/mol. The van der Waals surface area contributed by atoms with Gasteiger partial charge in [-0.2, -0.15) is 0 Å². The summed E-state index contributed by atoms with van der Waals surface area (Å²) in [4.78, 5) is 0. The molecule has 0 aliphatic heterocycles. The molecular formula is C24H20Cl2Hf-2. The molecule has 2 aromatic rings. The van der Waals surface area contributed by atoms with E-state index in [-0.39, 0.29) is 50.7 Å². The molecule has 0 radical (unpaired) electrons. The summed E-state index contributed by atoms with van der Waals surface area (Å²) in [5, 5.41) is 0. The quantitative estimate of drug-likeness (QED) is 0.393. The Labute approximate surface area is 192 Å². The zero-order valence-corrected chi connectivity index (χ0v) is 20.3. The van der Waals surface area contributed by atoms with Crippen molar-refractivity contribution >= 4 is 5.57 Å². The first-order chi connectivity index (χ1) is 11.9. The summed E-state index contributed by atoms with van der Waals surface area (Å²) in [6, 6.07) is 15.7. The molecule has 5 rings (SSSR count). The van der Waals surface area contributed by atoms with Crippen molar-refractivity contribution in [2.24, 2.45) is 5.92 Å². The van der Waals surface area contributed by atoms with Gasteiger partial charge in [0.05, 0.1) is 0 Å². The summed E-state index contributed by atoms with van der Waals surface area (Å²) in [6.07, 6.45) is 13.5. The molecule has 3 heteroatoms. The van der Waals surface area contributed by atoms with Gasteiger partial charge >= 0.3 is 0 Å². The SMILES string of the molecule is CCC1=C(c2cccc3c2Cc2ccccc2-3)C2C=CC=CC2=C1.[Cl-].[Cl-].[Hf]. The van der Waals surface area contributed by atoms with E-state index in [9.17, 15) is 0 Å². The number of fused-ring (bicyclic) bond motifs is 4. The maximum absolute atomic E-state index is 2.40. The monoisotopic (exact) mass is 558 g/mol. The molecule has 136 valence electrons. The Morgan fingerprint density at radius 1 is 0.889 bits per heavy atom. The van der Waals surface area contributed by atoms with Gasteiger partial charge in [0.1, 0.15) is 0 Å². The molecule has 3 aliphatic rings. The summed E-state index contributed by atoms with van der Waals surface area (Å²) < 4.78 is 0. The summed E-state index contributed by atoms with van der Waals surface area (Å²) in [5.41, 5.74) is 11.7. The fourth-order valence-corrected chi connectivity index (χ4v) is 4.48. The van der Waals surface area contributed by atoms with E-state index in [1.54, 1.807) is 0 Å². The van der Waals surface area contributed by atoms with Crippen LogP contribution in [0.3, 0.4) is 0 Å². The third-order valence-corrected chi connectivity index (χ3v) is 5.58. The van der Waals surface area contributed by atoms with Gasteiger partial charge in [-0.1, -0.05) is 79.8 Å². The molecule has 0 amide bonds. The normalized spacial score (nSPS) is 17.8. The number of allylic oxidation sites excluding steroid dienone is 8. The summed E-state index contributed by atoms with van der Waals surface area (Å²) >= 11 is 0. The van der Waals surface area contributed by atoms with Crippen molar-refractivity contribution < 1.29 is 50.7 Å². The average molecular weight is 558 g/mol. The molecule has 0 aromatic heterocycles. The largest absolute Gasteiger partial charge is 1.00 e. The third-order valence-electron chi connectivity index (χ3n) is 5.58. The van der Waals surface area contributed by atoms with Crippen LogP contribution in [0.5, 0.6) is 0 Å². The first kappa shape index (κ1) is 22.1. The summed E-state index contributed by atoms with van der Waals surface area (Å²) in [6.45, 7) is 2.27. The first-order valence-electron chi connectivity index (χ1n) is 8.87. The Balaban J connectivity index is 0.000000871. The number of rotatable bonds is 2. The van der Waals surface area contributed by atoms with Gasteiger partial charge in [0.2, 0.25) is 0 Å². The van der Waals surface area contributed by atoms with Crippen LogP contribution in [0.1, 0.15) is 30.0 Å². The average Bonchev–Trinajstić information content (AvgIpc) is 3.19. The molecule has 0 fully saturated rings. The van der Waals surface area contributed by atoms with Crippen molar-refractivity contribution in [3.05, 3.63) is 101 Å². The maximum Gasteiger partial charge on any atom is 0.0281 e. The zero-order valence-electron chi connectivity index (χ0n) is 15.2. The summed E-state index contributed by atoms with van der Waals surface area (Å²) in [7, 11) is 0. The molecule has 1 unspecified atom stereocenters. The van der Waals surface area contributed by atoms with E-state index in [1.807, 2.05) is 0 Å². The second kappa shape index (κ2) is 8.90. The van der Waals surface area contributed by atoms with Crippen LogP contribution in [0.15, 0.2) is 84.0 Å². The molecule has 0 saturated carbocycles. The molecule has 0 spiro atoms. The minimum Gasteiger partial charge on any atom is -1.00 e. The fraction of sp³-hybridized carbons (Fsp3) is 0.167. The Kier molecular flexibility index (Phi) is 7.30. The van der Waals surface area contributed by atoms with E-state index in [1.165, 1.54) is 44.5 Å². The van der Waals surface area contributed by atoms with Crippen LogP contribution in [0, 0.1) is 5.92 Å². The van der Waals surface area contributed by atoms with Crippen molar-refractivity contribution in [2.75, 3.05) is 0 Å². The van der Waals surface area contributed by atoms with Crippen LogP contribution < -0.4 is 24.8 Å². The van der Waals surface area contributed by atoms with Crippen molar-refractivity contribution in [1.29, 1.82) is 0 Å². The van der Waals surface area contributed by atoms with Crippen LogP contribution in [0.25, 0.3) is 16.7 Å². The second-order valence-corrected chi connectivity index (χ2v) is 6.82. The summed E-state index contributed by atoms with van der Waals surface area (Å²) in [5.74, 6) is 0.431. The number of hydrogen-bond donors (Lipinski definition) is 0. The van der Waals surface area contributed by atoms with Gasteiger partial charge < -0.3 is 24.8 Å². The van der Waals surface area contributed by atoms with Gasteiger partial charge in [0.25, 0.3) is 0 Å².